The second kappa shape index (κ2) is 10.5. The van der Waals surface area contributed by atoms with Gasteiger partial charge in [-0.15, -0.1) is 0 Å². The van der Waals surface area contributed by atoms with Crippen LogP contribution in [0.5, 0.6) is 0 Å². The minimum absolute atomic E-state index is 0.0112. The number of carbonyl (C=O) groups is 2. The first-order chi connectivity index (χ1) is 14.7. The summed E-state index contributed by atoms with van der Waals surface area (Å²) in [6.45, 7) is 0.585. The predicted molar refractivity (Wildman–Crippen MR) is 108 cm³/mol. The average Bonchev–Trinajstić information content (AvgIpc) is 3.25. The van der Waals surface area contributed by atoms with Crippen molar-refractivity contribution in [2.24, 2.45) is 11.7 Å². The number of likely N-dealkylation sites (tertiary alicyclic amines) is 1. The van der Waals surface area contributed by atoms with Gasteiger partial charge in [0.25, 0.3) is 0 Å². The summed E-state index contributed by atoms with van der Waals surface area (Å²) in [4.78, 5) is 26.8. The molecule has 2 amide bonds. The molecule has 1 heterocycles. The van der Waals surface area contributed by atoms with Crippen molar-refractivity contribution in [3.63, 3.8) is 0 Å². The highest BCUT2D eigenvalue weighted by Crippen LogP contribution is 2.25. The molecule has 0 radical (unpaired) electrons. The second-order valence-corrected chi connectivity index (χ2v) is 8.67. The first-order valence-electron chi connectivity index (χ1n) is 10.9. The summed E-state index contributed by atoms with van der Waals surface area (Å²) in [6.07, 6.45) is 3.82. The molecule has 2 fully saturated rings. The van der Waals surface area contributed by atoms with Crippen LogP contribution in [-0.4, -0.2) is 53.1 Å². The fraction of sp³-hybridized carbons (Fsp3) is 0.636. The van der Waals surface area contributed by atoms with E-state index in [4.69, 9.17) is 5.73 Å². The highest BCUT2D eigenvalue weighted by atomic mass is 19.2. The molecule has 0 aromatic heterocycles. The number of nitrogens with two attached hydrogens (primary N) is 1. The SMILES string of the molecule is N[C@@H](CC(=O)N1CC[C@@H](O)C[C@H]1CNC(=O)C1CCCC1)Cc1cc(F)c(F)cc1F. The van der Waals surface area contributed by atoms with Crippen molar-refractivity contribution >= 4 is 11.8 Å². The third-order valence-electron chi connectivity index (χ3n) is 6.25. The van der Waals surface area contributed by atoms with Crippen LogP contribution in [0.15, 0.2) is 12.1 Å². The van der Waals surface area contributed by atoms with Crippen LogP contribution in [0.3, 0.4) is 0 Å². The summed E-state index contributed by atoms with van der Waals surface area (Å²) in [5.41, 5.74) is 5.91. The molecule has 3 rings (SSSR count). The van der Waals surface area contributed by atoms with Gasteiger partial charge in [0, 0.05) is 37.5 Å². The van der Waals surface area contributed by atoms with Crippen LogP contribution >= 0.6 is 0 Å². The fourth-order valence-electron chi connectivity index (χ4n) is 4.52. The van der Waals surface area contributed by atoms with Crippen molar-refractivity contribution in [2.45, 2.75) is 69.6 Å². The van der Waals surface area contributed by atoms with Crippen molar-refractivity contribution in [3.05, 3.63) is 35.1 Å². The number of amides is 2. The van der Waals surface area contributed by atoms with Gasteiger partial charge in [-0.05, 0) is 43.7 Å². The van der Waals surface area contributed by atoms with E-state index in [0.29, 0.717) is 25.5 Å². The number of nitrogens with zero attached hydrogens (tertiary/aromatic N) is 1. The van der Waals surface area contributed by atoms with Gasteiger partial charge in [-0.3, -0.25) is 9.59 Å². The summed E-state index contributed by atoms with van der Waals surface area (Å²) in [5.74, 6) is -3.64. The number of aliphatic hydroxyl groups excluding tert-OH is 1. The van der Waals surface area contributed by atoms with E-state index in [1.54, 1.807) is 4.90 Å². The molecule has 1 aliphatic carbocycles. The van der Waals surface area contributed by atoms with Crippen LogP contribution in [0, 0.1) is 23.4 Å². The lowest BCUT2D eigenvalue weighted by Crippen LogP contribution is -2.53. The number of benzene rings is 1. The van der Waals surface area contributed by atoms with Gasteiger partial charge >= 0.3 is 0 Å². The minimum Gasteiger partial charge on any atom is -0.393 e. The normalized spacial score (nSPS) is 23.1. The zero-order valence-corrected chi connectivity index (χ0v) is 17.5. The Hall–Kier alpha value is -2.13. The van der Waals surface area contributed by atoms with Crippen LogP contribution in [0.2, 0.25) is 0 Å². The summed E-state index contributed by atoms with van der Waals surface area (Å²) in [7, 11) is 0. The number of halogens is 3. The van der Waals surface area contributed by atoms with Gasteiger partial charge in [0.15, 0.2) is 11.6 Å². The van der Waals surface area contributed by atoms with E-state index in [1.807, 2.05) is 0 Å². The molecule has 0 bridgehead atoms. The Morgan fingerprint density at radius 2 is 1.81 bits per heavy atom. The van der Waals surface area contributed by atoms with Gasteiger partial charge in [0.05, 0.1) is 12.1 Å². The first kappa shape index (κ1) is 23.5. The molecular formula is C22H30F3N3O3. The van der Waals surface area contributed by atoms with E-state index in [2.05, 4.69) is 5.32 Å². The molecule has 4 N–H and O–H groups in total. The second-order valence-electron chi connectivity index (χ2n) is 8.67. The summed E-state index contributed by atoms with van der Waals surface area (Å²) < 4.78 is 40.4. The van der Waals surface area contributed by atoms with Crippen LogP contribution in [0.1, 0.15) is 50.5 Å². The molecule has 0 spiro atoms. The van der Waals surface area contributed by atoms with E-state index in [9.17, 15) is 27.9 Å². The summed E-state index contributed by atoms with van der Waals surface area (Å²) in [5, 5.41) is 12.9. The molecule has 31 heavy (non-hydrogen) atoms. The van der Waals surface area contributed by atoms with Crippen molar-refractivity contribution < 1.29 is 27.9 Å². The molecule has 1 aliphatic heterocycles. The lowest BCUT2D eigenvalue weighted by atomic mass is 9.97. The number of piperidine rings is 1. The smallest absolute Gasteiger partial charge is 0.224 e. The largest absolute Gasteiger partial charge is 0.393 e. The predicted octanol–water partition coefficient (Wildman–Crippen LogP) is 2.02. The zero-order chi connectivity index (χ0) is 22.5. The summed E-state index contributed by atoms with van der Waals surface area (Å²) in [6, 6.07) is 0.0864. The van der Waals surface area contributed by atoms with Gasteiger partial charge in [0.1, 0.15) is 5.82 Å². The molecule has 9 heteroatoms. The quantitative estimate of drug-likeness (QED) is 0.564. The Balaban J connectivity index is 1.57. The Morgan fingerprint density at radius 1 is 1.13 bits per heavy atom. The van der Waals surface area contributed by atoms with E-state index < -0.39 is 29.6 Å². The van der Waals surface area contributed by atoms with E-state index >= 15 is 0 Å². The molecule has 1 saturated heterocycles. The third-order valence-corrected chi connectivity index (χ3v) is 6.25. The fourth-order valence-corrected chi connectivity index (χ4v) is 4.52. The van der Waals surface area contributed by atoms with E-state index in [1.165, 1.54) is 0 Å². The van der Waals surface area contributed by atoms with Crippen LogP contribution in [0.4, 0.5) is 13.2 Å². The molecule has 3 atom stereocenters. The Bertz CT molecular complexity index is 802. The monoisotopic (exact) mass is 441 g/mol. The maximum atomic E-state index is 13.9. The van der Waals surface area contributed by atoms with Gasteiger partial charge < -0.3 is 21.1 Å². The molecule has 172 valence electrons. The maximum absolute atomic E-state index is 13.9. The third kappa shape index (κ3) is 6.20. The first-order valence-corrected chi connectivity index (χ1v) is 10.9. The van der Waals surface area contributed by atoms with Crippen molar-refractivity contribution in [3.8, 4) is 0 Å². The number of hydrogen-bond acceptors (Lipinski definition) is 4. The Kier molecular flexibility index (Phi) is 7.94. The lowest BCUT2D eigenvalue weighted by Gasteiger charge is -2.38. The number of aliphatic hydroxyl groups is 1. The van der Waals surface area contributed by atoms with Crippen molar-refractivity contribution in [1.29, 1.82) is 0 Å². The van der Waals surface area contributed by atoms with Crippen LogP contribution < -0.4 is 11.1 Å². The van der Waals surface area contributed by atoms with Gasteiger partial charge in [0.2, 0.25) is 11.8 Å². The molecule has 1 aromatic rings. The number of nitrogens with one attached hydrogen (secondary N) is 1. The summed E-state index contributed by atoms with van der Waals surface area (Å²) >= 11 is 0. The van der Waals surface area contributed by atoms with E-state index in [0.717, 1.165) is 31.7 Å². The van der Waals surface area contributed by atoms with Gasteiger partial charge in [-0.25, -0.2) is 13.2 Å². The molecular weight excluding hydrogens is 411 g/mol. The lowest BCUT2D eigenvalue weighted by molar-refractivity contribution is -0.137. The maximum Gasteiger partial charge on any atom is 0.224 e. The molecule has 6 nitrogen and oxygen atoms in total. The molecule has 0 unspecified atom stereocenters. The zero-order valence-electron chi connectivity index (χ0n) is 17.5. The molecule has 1 saturated carbocycles. The van der Waals surface area contributed by atoms with Gasteiger partial charge in [-0.1, -0.05) is 12.8 Å². The highest BCUT2D eigenvalue weighted by molar-refractivity contribution is 5.79. The van der Waals surface area contributed by atoms with E-state index in [-0.39, 0.29) is 48.7 Å². The van der Waals surface area contributed by atoms with Crippen LogP contribution in [0.25, 0.3) is 0 Å². The van der Waals surface area contributed by atoms with Crippen LogP contribution in [-0.2, 0) is 16.0 Å². The Morgan fingerprint density at radius 3 is 2.52 bits per heavy atom. The van der Waals surface area contributed by atoms with Crippen molar-refractivity contribution in [2.75, 3.05) is 13.1 Å². The standard InChI is InChI=1S/C22H30F3N3O3/c23-18-11-20(25)19(24)8-14(18)7-15(26)9-21(30)28-6-5-17(29)10-16(28)12-27-22(31)13-3-1-2-4-13/h8,11,13,15-17,29H,1-7,9-10,12,26H2,(H,27,31)/t15-,16+,17-/m1/s1. The highest BCUT2D eigenvalue weighted by Gasteiger charge is 2.32. The topological polar surface area (TPSA) is 95.7 Å². The minimum atomic E-state index is -1.28. The molecule has 2 aliphatic rings. The van der Waals surface area contributed by atoms with Crippen molar-refractivity contribution in [1.82, 2.24) is 10.2 Å². The number of carbonyl (C=O) groups excluding carboxylic acids is 2. The average molecular weight is 441 g/mol. The Labute approximate surface area is 180 Å². The number of hydrogen-bond donors (Lipinski definition) is 3. The number of rotatable bonds is 7. The molecule has 1 aromatic carbocycles. The van der Waals surface area contributed by atoms with Gasteiger partial charge in [-0.2, -0.15) is 0 Å².